The molecule has 2 aliphatic heterocycles. The number of anilines is 2. The number of hydrogen-bond donors (Lipinski definition) is 1. The number of nitrogens with zero attached hydrogens (tertiary/aromatic N) is 3. The minimum atomic E-state index is -0.235. The molecule has 0 unspecified atom stereocenters. The first-order chi connectivity index (χ1) is 15.9. The molecule has 0 atom stereocenters. The van der Waals surface area contributed by atoms with Crippen LogP contribution in [0.3, 0.4) is 0 Å². The molecule has 6 nitrogen and oxygen atoms in total. The number of aryl methyl sites for hydroxylation is 2. The molecule has 4 rings (SSSR count). The van der Waals surface area contributed by atoms with Crippen LogP contribution in [0.5, 0.6) is 0 Å². The maximum absolute atomic E-state index is 13.2. The second kappa shape index (κ2) is 10.3. The topological polar surface area (TPSA) is 55.9 Å². The monoisotopic (exact) mass is 452 g/mol. The molecular weight excluding hydrogens is 419 g/mol. The summed E-state index contributed by atoms with van der Waals surface area (Å²) in [5.74, 6) is 0.0102. The van der Waals surface area contributed by atoms with Crippen molar-refractivity contribution < 1.29 is 14.0 Å². The van der Waals surface area contributed by atoms with Gasteiger partial charge in [-0.2, -0.15) is 0 Å². The average Bonchev–Trinajstić information content (AvgIpc) is 2.82. The van der Waals surface area contributed by atoms with Crippen molar-refractivity contribution in [3.63, 3.8) is 0 Å². The zero-order chi connectivity index (χ0) is 23.4. The number of likely N-dealkylation sites (tertiary alicyclic amines) is 1. The van der Waals surface area contributed by atoms with Crippen LogP contribution in [0.15, 0.2) is 42.5 Å². The van der Waals surface area contributed by atoms with Gasteiger partial charge in [0.2, 0.25) is 11.8 Å². The van der Waals surface area contributed by atoms with Crippen molar-refractivity contribution in [2.45, 2.75) is 26.7 Å². The van der Waals surface area contributed by atoms with E-state index in [1.807, 2.05) is 30.0 Å². The quantitative estimate of drug-likeness (QED) is 0.755. The van der Waals surface area contributed by atoms with Gasteiger partial charge in [0.25, 0.3) is 0 Å². The highest BCUT2D eigenvalue weighted by Crippen LogP contribution is 2.22. The molecular formula is C26H33FN4O2. The Morgan fingerprint density at radius 1 is 0.909 bits per heavy atom. The smallest absolute Gasteiger partial charge is 0.238 e. The summed E-state index contributed by atoms with van der Waals surface area (Å²) in [6, 6.07) is 12.5. The molecule has 7 heteroatoms. The van der Waals surface area contributed by atoms with Crippen LogP contribution in [-0.2, 0) is 9.59 Å². The summed E-state index contributed by atoms with van der Waals surface area (Å²) in [7, 11) is 0. The van der Waals surface area contributed by atoms with Gasteiger partial charge >= 0.3 is 0 Å². The maximum atomic E-state index is 13.2. The number of piperidine rings is 1. The lowest BCUT2D eigenvalue weighted by atomic mass is 9.95. The van der Waals surface area contributed by atoms with E-state index in [4.69, 9.17) is 0 Å². The summed E-state index contributed by atoms with van der Waals surface area (Å²) in [4.78, 5) is 31.8. The normalized spacial score (nSPS) is 17.8. The van der Waals surface area contributed by atoms with Crippen LogP contribution >= 0.6 is 0 Å². The molecule has 0 bridgehead atoms. The number of piperazine rings is 1. The van der Waals surface area contributed by atoms with Gasteiger partial charge in [0.05, 0.1) is 6.54 Å². The summed E-state index contributed by atoms with van der Waals surface area (Å²) in [5.41, 5.74) is 4.19. The van der Waals surface area contributed by atoms with Crippen LogP contribution < -0.4 is 10.2 Å². The lowest BCUT2D eigenvalue weighted by Crippen LogP contribution is -2.52. The Kier molecular flexibility index (Phi) is 7.28. The molecule has 2 aliphatic rings. The highest BCUT2D eigenvalue weighted by atomic mass is 19.1. The van der Waals surface area contributed by atoms with Crippen molar-refractivity contribution in [1.29, 1.82) is 0 Å². The summed E-state index contributed by atoms with van der Waals surface area (Å²) in [6.07, 6.45) is 1.57. The highest BCUT2D eigenvalue weighted by molar-refractivity contribution is 5.92. The lowest BCUT2D eigenvalue weighted by molar-refractivity contribution is -0.137. The van der Waals surface area contributed by atoms with Gasteiger partial charge in [0, 0.05) is 43.5 Å². The summed E-state index contributed by atoms with van der Waals surface area (Å²) >= 11 is 0. The Hall–Kier alpha value is -2.93. The van der Waals surface area contributed by atoms with E-state index in [1.54, 1.807) is 12.1 Å². The Morgan fingerprint density at radius 3 is 2.21 bits per heavy atom. The minimum Gasteiger partial charge on any atom is -0.368 e. The molecule has 0 radical (unpaired) electrons. The Balaban J connectivity index is 1.20. The molecule has 0 aliphatic carbocycles. The third-order valence-electron chi connectivity index (χ3n) is 6.88. The van der Waals surface area contributed by atoms with Crippen molar-refractivity contribution >= 4 is 23.2 Å². The molecule has 2 aromatic carbocycles. The van der Waals surface area contributed by atoms with Crippen molar-refractivity contribution in [2.75, 3.05) is 56.0 Å². The van der Waals surface area contributed by atoms with E-state index >= 15 is 0 Å². The second-order valence-corrected chi connectivity index (χ2v) is 9.19. The Bertz CT molecular complexity index is 978. The van der Waals surface area contributed by atoms with E-state index in [2.05, 4.69) is 22.0 Å². The van der Waals surface area contributed by atoms with Crippen LogP contribution in [0, 0.1) is 25.6 Å². The van der Waals surface area contributed by atoms with E-state index in [-0.39, 0.29) is 23.5 Å². The van der Waals surface area contributed by atoms with Gasteiger partial charge in [-0.15, -0.1) is 0 Å². The highest BCUT2D eigenvalue weighted by Gasteiger charge is 2.31. The number of amides is 2. The van der Waals surface area contributed by atoms with Gasteiger partial charge in [0.15, 0.2) is 0 Å². The molecule has 2 heterocycles. The van der Waals surface area contributed by atoms with Crippen LogP contribution in [0.1, 0.15) is 24.0 Å². The molecule has 2 amide bonds. The largest absolute Gasteiger partial charge is 0.368 e. The van der Waals surface area contributed by atoms with E-state index in [1.165, 1.54) is 17.7 Å². The van der Waals surface area contributed by atoms with Gasteiger partial charge in [-0.05, 0) is 87.3 Å². The summed E-state index contributed by atoms with van der Waals surface area (Å²) < 4.78 is 13.2. The van der Waals surface area contributed by atoms with E-state index in [0.717, 1.165) is 56.0 Å². The van der Waals surface area contributed by atoms with Crippen LogP contribution in [0.4, 0.5) is 15.8 Å². The van der Waals surface area contributed by atoms with Crippen molar-refractivity contribution in [1.82, 2.24) is 9.80 Å². The van der Waals surface area contributed by atoms with Gasteiger partial charge < -0.3 is 15.1 Å². The average molecular weight is 453 g/mol. The fraction of sp³-hybridized carbons (Fsp3) is 0.462. The first kappa shape index (κ1) is 23.2. The van der Waals surface area contributed by atoms with Crippen molar-refractivity contribution in [3.05, 3.63) is 59.4 Å². The summed E-state index contributed by atoms with van der Waals surface area (Å²) in [6.45, 7) is 8.85. The second-order valence-electron chi connectivity index (χ2n) is 9.19. The van der Waals surface area contributed by atoms with Gasteiger partial charge in [-0.25, -0.2) is 4.39 Å². The third kappa shape index (κ3) is 5.90. The van der Waals surface area contributed by atoms with E-state index < -0.39 is 0 Å². The predicted octanol–water partition coefficient (Wildman–Crippen LogP) is 3.44. The van der Waals surface area contributed by atoms with Gasteiger partial charge in [-0.3, -0.25) is 14.5 Å². The van der Waals surface area contributed by atoms with Crippen LogP contribution in [0.2, 0.25) is 0 Å². The molecule has 1 N–H and O–H groups in total. The third-order valence-corrected chi connectivity index (χ3v) is 6.88. The summed E-state index contributed by atoms with van der Waals surface area (Å²) in [5, 5.41) is 2.98. The fourth-order valence-corrected chi connectivity index (χ4v) is 4.66. The first-order valence-corrected chi connectivity index (χ1v) is 11.8. The van der Waals surface area contributed by atoms with Crippen molar-refractivity contribution in [3.8, 4) is 0 Å². The molecule has 2 saturated heterocycles. The number of hydrogen-bond acceptors (Lipinski definition) is 4. The molecule has 0 spiro atoms. The number of benzene rings is 2. The SMILES string of the molecule is Cc1ccc(NC(=O)CN2CCC(C(=O)N3CCN(c4ccc(F)cc4)CC3)CC2)cc1C. The standard InChI is InChI=1S/C26H33FN4O2/c1-19-3-6-23(17-20(19)2)28-25(32)18-29-11-9-21(10-12-29)26(33)31-15-13-30(14-16-31)24-7-4-22(27)5-8-24/h3-8,17,21H,9-16,18H2,1-2H3,(H,28,32). The minimum absolute atomic E-state index is 0.0139. The van der Waals surface area contributed by atoms with Crippen molar-refractivity contribution in [2.24, 2.45) is 5.92 Å². The molecule has 33 heavy (non-hydrogen) atoms. The fourth-order valence-electron chi connectivity index (χ4n) is 4.66. The number of carbonyl (C=O) groups excluding carboxylic acids is 2. The molecule has 2 aromatic rings. The van der Waals surface area contributed by atoms with E-state index in [9.17, 15) is 14.0 Å². The molecule has 0 aromatic heterocycles. The lowest BCUT2D eigenvalue weighted by Gasteiger charge is -2.39. The Labute approximate surface area is 195 Å². The van der Waals surface area contributed by atoms with Crippen LogP contribution in [-0.4, -0.2) is 67.4 Å². The first-order valence-electron chi connectivity index (χ1n) is 11.8. The van der Waals surface area contributed by atoms with Gasteiger partial charge in [-0.1, -0.05) is 6.07 Å². The zero-order valence-corrected chi connectivity index (χ0v) is 19.5. The van der Waals surface area contributed by atoms with E-state index in [0.29, 0.717) is 19.6 Å². The molecule has 0 saturated carbocycles. The van der Waals surface area contributed by atoms with Gasteiger partial charge in [0.1, 0.15) is 5.82 Å². The Morgan fingerprint density at radius 2 is 1.58 bits per heavy atom. The number of halogens is 1. The zero-order valence-electron chi connectivity index (χ0n) is 19.5. The number of nitrogens with one attached hydrogen (secondary N) is 1. The van der Waals surface area contributed by atoms with Crippen LogP contribution in [0.25, 0.3) is 0 Å². The predicted molar refractivity (Wildman–Crippen MR) is 129 cm³/mol. The molecule has 176 valence electrons. The number of rotatable bonds is 5. The molecule has 2 fully saturated rings. The maximum Gasteiger partial charge on any atom is 0.238 e. The number of carbonyl (C=O) groups is 2.